The van der Waals surface area contributed by atoms with Gasteiger partial charge in [0.2, 0.25) is 0 Å². The van der Waals surface area contributed by atoms with Crippen LogP contribution >= 0.6 is 0 Å². The van der Waals surface area contributed by atoms with Gasteiger partial charge in [-0.1, -0.05) is 74.0 Å². The summed E-state index contributed by atoms with van der Waals surface area (Å²) in [5, 5.41) is 0. The topological polar surface area (TPSA) is 43.4 Å². The largest absolute Gasteiger partial charge is 0.466 e. The van der Waals surface area contributed by atoms with Crippen LogP contribution in [0.5, 0.6) is 0 Å². The van der Waals surface area contributed by atoms with E-state index in [1.165, 1.54) is 0 Å². The van der Waals surface area contributed by atoms with Crippen LogP contribution in [0.15, 0.2) is 23.3 Å². The van der Waals surface area contributed by atoms with Crippen molar-refractivity contribution in [2.75, 3.05) is 6.61 Å². The minimum Gasteiger partial charge on any atom is -0.466 e. The molecule has 0 amide bonds. The smallest absolute Gasteiger partial charge is 0.312 e. The highest BCUT2D eigenvalue weighted by atomic mass is 16.5. The molecule has 0 aliphatic heterocycles. The fourth-order valence-electron chi connectivity index (χ4n) is 4.00. The summed E-state index contributed by atoms with van der Waals surface area (Å²) >= 11 is 0. The second-order valence-electron chi connectivity index (χ2n) is 10.5. The zero-order valence-corrected chi connectivity index (χ0v) is 19.4. The van der Waals surface area contributed by atoms with Crippen molar-refractivity contribution in [1.29, 1.82) is 0 Å². The Balaban J connectivity index is 3.93. The van der Waals surface area contributed by atoms with Crippen molar-refractivity contribution in [3.8, 4) is 0 Å². The molecule has 1 rings (SSSR count). The molecule has 1 atom stereocenters. The molecule has 0 spiro atoms. The van der Waals surface area contributed by atoms with Crippen LogP contribution in [-0.2, 0) is 14.3 Å². The Morgan fingerprint density at radius 3 is 1.67 bits per heavy atom. The molecular formula is C24H40O3. The molecule has 0 saturated carbocycles. The van der Waals surface area contributed by atoms with Crippen molar-refractivity contribution < 1.29 is 14.3 Å². The predicted octanol–water partition coefficient (Wildman–Crippen LogP) is 6.14. The van der Waals surface area contributed by atoms with E-state index >= 15 is 0 Å². The molecule has 0 aromatic heterocycles. The van der Waals surface area contributed by atoms with E-state index < -0.39 is 10.8 Å². The van der Waals surface area contributed by atoms with E-state index in [1.54, 1.807) is 0 Å². The SMILES string of the molecule is CCOC(=O)C(C)(C)C1(C(C)CC)C=C(C(C)(C)C)C(=O)C(C(C)(C)C)=C1. The van der Waals surface area contributed by atoms with Crippen LogP contribution in [0.4, 0.5) is 0 Å². The van der Waals surface area contributed by atoms with E-state index in [1.807, 2.05) is 20.8 Å². The second-order valence-corrected chi connectivity index (χ2v) is 10.5. The van der Waals surface area contributed by atoms with Gasteiger partial charge < -0.3 is 4.74 Å². The first kappa shape index (κ1) is 23.7. The quantitative estimate of drug-likeness (QED) is 0.542. The number of esters is 1. The highest BCUT2D eigenvalue weighted by Crippen LogP contribution is 2.55. The van der Waals surface area contributed by atoms with Crippen molar-refractivity contribution in [2.24, 2.45) is 27.6 Å². The van der Waals surface area contributed by atoms with Gasteiger partial charge in [-0.25, -0.2) is 0 Å². The number of hydrogen-bond donors (Lipinski definition) is 0. The van der Waals surface area contributed by atoms with Crippen LogP contribution in [-0.4, -0.2) is 18.4 Å². The summed E-state index contributed by atoms with van der Waals surface area (Å²) in [6, 6.07) is 0. The zero-order valence-electron chi connectivity index (χ0n) is 19.4. The summed E-state index contributed by atoms with van der Waals surface area (Å²) in [6.07, 6.45) is 5.09. The van der Waals surface area contributed by atoms with Crippen molar-refractivity contribution in [2.45, 2.75) is 82.6 Å². The number of ether oxygens (including phenoxy) is 1. The number of allylic oxidation sites excluding steroid dienone is 4. The van der Waals surface area contributed by atoms with Gasteiger partial charge in [0.25, 0.3) is 0 Å². The third kappa shape index (κ3) is 4.22. The lowest BCUT2D eigenvalue weighted by Crippen LogP contribution is -2.49. The molecule has 154 valence electrons. The molecule has 3 heteroatoms. The predicted molar refractivity (Wildman–Crippen MR) is 112 cm³/mol. The fourth-order valence-corrected chi connectivity index (χ4v) is 4.00. The number of carbonyl (C=O) groups excluding carboxylic acids is 2. The van der Waals surface area contributed by atoms with Crippen molar-refractivity contribution in [3.05, 3.63) is 23.3 Å². The Morgan fingerprint density at radius 2 is 1.37 bits per heavy atom. The van der Waals surface area contributed by atoms with Gasteiger partial charge in [-0.15, -0.1) is 0 Å². The number of rotatable bonds is 5. The maximum absolute atomic E-state index is 13.4. The lowest BCUT2D eigenvalue weighted by Gasteiger charge is -2.49. The Labute approximate surface area is 166 Å². The first-order valence-corrected chi connectivity index (χ1v) is 10.2. The first-order chi connectivity index (χ1) is 12.1. The Kier molecular flexibility index (Phi) is 6.63. The van der Waals surface area contributed by atoms with Crippen LogP contribution in [0.25, 0.3) is 0 Å². The van der Waals surface area contributed by atoms with Crippen molar-refractivity contribution in [1.82, 2.24) is 0 Å². The van der Waals surface area contributed by atoms with Gasteiger partial charge in [0, 0.05) is 16.6 Å². The third-order valence-electron chi connectivity index (χ3n) is 6.17. The van der Waals surface area contributed by atoms with E-state index in [2.05, 4.69) is 67.5 Å². The normalized spacial score (nSPS) is 19.3. The number of ketones is 1. The molecule has 1 aliphatic carbocycles. The molecule has 0 heterocycles. The van der Waals surface area contributed by atoms with Gasteiger partial charge in [0.15, 0.2) is 5.78 Å². The van der Waals surface area contributed by atoms with Gasteiger partial charge in [-0.3, -0.25) is 9.59 Å². The molecule has 1 unspecified atom stereocenters. The molecule has 0 radical (unpaired) electrons. The Hall–Kier alpha value is -1.38. The summed E-state index contributed by atoms with van der Waals surface area (Å²) in [7, 11) is 0. The summed E-state index contributed by atoms with van der Waals surface area (Å²) in [5.74, 6) is 0.0713. The molecule has 27 heavy (non-hydrogen) atoms. The van der Waals surface area contributed by atoms with E-state index in [9.17, 15) is 9.59 Å². The average molecular weight is 377 g/mol. The molecule has 3 nitrogen and oxygen atoms in total. The molecule has 0 aromatic rings. The lowest BCUT2D eigenvalue weighted by molar-refractivity contribution is -0.160. The summed E-state index contributed by atoms with van der Waals surface area (Å²) < 4.78 is 5.47. The summed E-state index contributed by atoms with van der Waals surface area (Å²) in [5.41, 5.74) is -0.365. The van der Waals surface area contributed by atoms with Gasteiger partial charge in [-0.2, -0.15) is 0 Å². The highest BCUT2D eigenvalue weighted by Gasteiger charge is 2.54. The fraction of sp³-hybridized carbons (Fsp3) is 0.750. The molecular weight excluding hydrogens is 336 g/mol. The maximum atomic E-state index is 13.4. The lowest BCUT2D eigenvalue weighted by atomic mass is 9.53. The van der Waals surface area contributed by atoms with Gasteiger partial charge in [0.05, 0.1) is 12.0 Å². The molecule has 0 saturated heterocycles. The van der Waals surface area contributed by atoms with Gasteiger partial charge >= 0.3 is 5.97 Å². The minimum absolute atomic E-state index is 0.105. The van der Waals surface area contributed by atoms with Crippen LogP contribution in [0.1, 0.15) is 82.6 Å². The first-order valence-electron chi connectivity index (χ1n) is 10.2. The molecule has 0 aromatic carbocycles. The molecule has 0 N–H and O–H groups in total. The standard InChI is InChI=1S/C24H40O3/c1-12-16(3)24(23(10,11)20(26)27-13-2)14-17(21(4,5)6)19(25)18(15-24)22(7,8)9/h14-16H,12-13H2,1-11H3. The Morgan fingerprint density at radius 1 is 0.963 bits per heavy atom. The monoisotopic (exact) mass is 376 g/mol. The third-order valence-corrected chi connectivity index (χ3v) is 6.17. The van der Waals surface area contributed by atoms with Gasteiger partial charge in [0.1, 0.15) is 0 Å². The highest BCUT2D eigenvalue weighted by molar-refractivity contribution is 6.11. The molecule has 0 bridgehead atoms. The number of carbonyl (C=O) groups is 2. The maximum Gasteiger partial charge on any atom is 0.312 e. The van der Waals surface area contributed by atoms with E-state index in [4.69, 9.17) is 4.74 Å². The van der Waals surface area contributed by atoms with Crippen LogP contribution < -0.4 is 0 Å². The summed E-state index contributed by atoms with van der Waals surface area (Å²) in [6.45, 7) is 22.8. The van der Waals surface area contributed by atoms with E-state index in [-0.39, 0.29) is 28.5 Å². The van der Waals surface area contributed by atoms with Gasteiger partial charge in [-0.05, 0) is 37.5 Å². The number of Topliss-reactive ketones (excluding diaryl/α,β-unsaturated/α-hetero) is 1. The average Bonchev–Trinajstić information content (AvgIpc) is 2.52. The summed E-state index contributed by atoms with van der Waals surface area (Å²) in [4.78, 5) is 26.4. The second kappa shape index (κ2) is 7.56. The van der Waals surface area contributed by atoms with Crippen LogP contribution in [0.2, 0.25) is 0 Å². The van der Waals surface area contributed by atoms with Crippen molar-refractivity contribution >= 4 is 11.8 Å². The van der Waals surface area contributed by atoms with Crippen LogP contribution in [0, 0.1) is 27.6 Å². The number of hydrogen-bond acceptors (Lipinski definition) is 3. The molecule has 0 fully saturated rings. The van der Waals surface area contributed by atoms with E-state index in [0.717, 1.165) is 17.6 Å². The van der Waals surface area contributed by atoms with E-state index in [0.29, 0.717) is 6.61 Å². The molecule has 1 aliphatic rings. The van der Waals surface area contributed by atoms with Crippen LogP contribution in [0.3, 0.4) is 0 Å². The zero-order chi connectivity index (χ0) is 21.4. The minimum atomic E-state index is -0.786. The van der Waals surface area contributed by atoms with Crippen molar-refractivity contribution in [3.63, 3.8) is 0 Å². The Bertz CT molecular complexity index is 614.